The van der Waals surface area contributed by atoms with Gasteiger partial charge in [-0.2, -0.15) is 0 Å². The minimum absolute atomic E-state index is 0.106. The van der Waals surface area contributed by atoms with Crippen LogP contribution in [0.25, 0.3) is 0 Å². The summed E-state index contributed by atoms with van der Waals surface area (Å²) in [7, 11) is 0. The van der Waals surface area contributed by atoms with Gasteiger partial charge in [-0.05, 0) is 27.2 Å². The fourth-order valence-corrected chi connectivity index (χ4v) is 1.24. The average Bonchev–Trinajstić information content (AvgIpc) is 2.23. The molecule has 0 aliphatic heterocycles. The number of hydrogen-bond donors (Lipinski definition) is 1. The van der Waals surface area contributed by atoms with Crippen molar-refractivity contribution in [2.75, 3.05) is 6.61 Å². The lowest BCUT2D eigenvalue weighted by Gasteiger charge is -2.22. The highest BCUT2D eigenvalue weighted by atomic mass is 16.6. The zero-order valence-corrected chi connectivity index (χ0v) is 12.5. The fraction of sp³-hybridized carbons (Fsp3) is 0.714. The first-order valence-corrected chi connectivity index (χ1v) is 6.54. The molecular weight excluding hydrogens is 246 g/mol. The van der Waals surface area contributed by atoms with Gasteiger partial charge >= 0.3 is 12.1 Å². The molecule has 0 radical (unpaired) electrons. The van der Waals surface area contributed by atoms with Crippen LogP contribution in [0.3, 0.4) is 0 Å². The number of alkyl carbamates (subject to hydrolysis) is 1. The van der Waals surface area contributed by atoms with Gasteiger partial charge in [0.2, 0.25) is 0 Å². The standard InChI is InChI=1S/C14H25NO4/c1-6-7-8-9-12(10-18-11(2)16)15-13(17)19-14(3,4)5/h8-9,12H,6-7,10H2,1-5H3,(H,15,17)/b9-8+/t12-/m1/s1. The molecule has 0 aliphatic rings. The highest BCUT2D eigenvalue weighted by molar-refractivity contribution is 5.69. The summed E-state index contributed by atoms with van der Waals surface area (Å²) in [6.07, 6.45) is 5.17. The molecular formula is C14H25NO4. The molecule has 0 aromatic heterocycles. The number of carbonyl (C=O) groups is 2. The van der Waals surface area contributed by atoms with Crippen molar-refractivity contribution < 1.29 is 19.1 Å². The van der Waals surface area contributed by atoms with E-state index in [9.17, 15) is 9.59 Å². The molecule has 0 saturated heterocycles. The molecule has 0 spiro atoms. The summed E-state index contributed by atoms with van der Waals surface area (Å²) in [6, 6.07) is -0.370. The third kappa shape index (κ3) is 11.3. The van der Waals surface area contributed by atoms with E-state index in [-0.39, 0.29) is 18.6 Å². The van der Waals surface area contributed by atoms with Crippen LogP contribution in [0.15, 0.2) is 12.2 Å². The van der Waals surface area contributed by atoms with E-state index in [4.69, 9.17) is 9.47 Å². The molecule has 1 N–H and O–H groups in total. The summed E-state index contributed by atoms with van der Waals surface area (Å²) < 4.78 is 10.1. The first-order valence-electron chi connectivity index (χ1n) is 6.54. The predicted octanol–water partition coefficient (Wildman–Crippen LogP) is 2.80. The smallest absolute Gasteiger partial charge is 0.408 e. The number of nitrogens with one attached hydrogen (secondary N) is 1. The SMILES string of the molecule is CCC/C=C/[C@H](COC(C)=O)NC(=O)OC(C)(C)C. The highest BCUT2D eigenvalue weighted by Crippen LogP contribution is 2.07. The van der Waals surface area contributed by atoms with Gasteiger partial charge in [0, 0.05) is 6.92 Å². The number of unbranched alkanes of at least 4 members (excludes halogenated alkanes) is 1. The second kappa shape index (κ2) is 8.56. The average molecular weight is 271 g/mol. The maximum atomic E-state index is 11.6. The Hall–Kier alpha value is -1.52. The number of amides is 1. The molecule has 1 atom stereocenters. The van der Waals surface area contributed by atoms with Crippen molar-refractivity contribution in [1.29, 1.82) is 0 Å². The summed E-state index contributed by atoms with van der Waals surface area (Å²) >= 11 is 0. The molecule has 0 rings (SSSR count). The topological polar surface area (TPSA) is 64.6 Å². The van der Waals surface area contributed by atoms with Crippen LogP contribution in [0.4, 0.5) is 4.79 Å². The second-order valence-electron chi connectivity index (χ2n) is 5.27. The Morgan fingerprint density at radius 2 is 1.95 bits per heavy atom. The third-order valence-electron chi connectivity index (χ3n) is 1.99. The lowest BCUT2D eigenvalue weighted by atomic mass is 10.2. The summed E-state index contributed by atoms with van der Waals surface area (Å²) in [5.74, 6) is -0.375. The van der Waals surface area contributed by atoms with E-state index in [0.29, 0.717) is 0 Å². The van der Waals surface area contributed by atoms with E-state index in [1.54, 1.807) is 20.8 Å². The quantitative estimate of drug-likeness (QED) is 0.596. The molecule has 5 heteroatoms. The lowest BCUT2D eigenvalue weighted by Crippen LogP contribution is -2.40. The molecule has 5 nitrogen and oxygen atoms in total. The molecule has 110 valence electrons. The molecule has 0 bridgehead atoms. The number of esters is 1. The summed E-state index contributed by atoms with van der Waals surface area (Å²) in [4.78, 5) is 22.4. The number of hydrogen-bond acceptors (Lipinski definition) is 4. The van der Waals surface area contributed by atoms with E-state index >= 15 is 0 Å². The van der Waals surface area contributed by atoms with Crippen LogP contribution >= 0.6 is 0 Å². The largest absolute Gasteiger partial charge is 0.463 e. The molecule has 0 unspecified atom stereocenters. The van der Waals surface area contributed by atoms with E-state index < -0.39 is 11.7 Å². The van der Waals surface area contributed by atoms with Crippen molar-refractivity contribution in [3.63, 3.8) is 0 Å². The van der Waals surface area contributed by atoms with E-state index in [1.807, 2.05) is 12.2 Å². The van der Waals surface area contributed by atoms with Gasteiger partial charge in [0.1, 0.15) is 12.2 Å². The zero-order valence-electron chi connectivity index (χ0n) is 12.5. The lowest BCUT2D eigenvalue weighted by molar-refractivity contribution is -0.141. The number of rotatable bonds is 6. The monoisotopic (exact) mass is 271 g/mol. The molecule has 0 heterocycles. The van der Waals surface area contributed by atoms with Crippen molar-refractivity contribution in [2.24, 2.45) is 0 Å². The molecule has 0 saturated carbocycles. The summed E-state index contributed by atoms with van der Waals surface area (Å²) in [6.45, 7) is 8.88. The van der Waals surface area contributed by atoms with Crippen molar-refractivity contribution in [3.8, 4) is 0 Å². The maximum absolute atomic E-state index is 11.6. The van der Waals surface area contributed by atoms with E-state index in [1.165, 1.54) is 6.92 Å². The van der Waals surface area contributed by atoms with Crippen LogP contribution in [-0.4, -0.2) is 30.3 Å². The number of allylic oxidation sites excluding steroid dienone is 1. The first kappa shape index (κ1) is 17.5. The van der Waals surface area contributed by atoms with Crippen molar-refractivity contribution >= 4 is 12.1 Å². The van der Waals surface area contributed by atoms with Gasteiger partial charge in [-0.3, -0.25) is 4.79 Å². The van der Waals surface area contributed by atoms with Gasteiger partial charge in [0.05, 0.1) is 6.04 Å². The summed E-state index contributed by atoms with van der Waals surface area (Å²) in [5, 5.41) is 2.66. The number of carbonyl (C=O) groups excluding carboxylic acids is 2. The predicted molar refractivity (Wildman–Crippen MR) is 73.8 cm³/mol. The Morgan fingerprint density at radius 3 is 2.42 bits per heavy atom. The van der Waals surface area contributed by atoms with Gasteiger partial charge in [-0.25, -0.2) is 4.79 Å². The Bertz CT molecular complexity index is 318. The third-order valence-corrected chi connectivity index (χ3v) is 1.99. The van der Waals surface area contributed by atoms with Gasteiger partial charge in [0.15, 0.2) is 0 Å². The second-order valence-corrected chi connectivity index (χ2v) is 5.27. The van der Waals surface area contributed by atoms with Crippen LogP contribution in [0.1, 0.15) is 47.5 Å². The fourth-order valence-electron chi connectivity index (χ4n) is 1.24. The van der Waals surface area contributed by atoms with Crippen LogP contribution in [0.5, 0.6) is 0 Å². The molecule has 19 heavy (non-hydrogen) atoms. The normalized spacial score (nSPS) is 13.1. The Balaban J connectivity index is 4.39. The van der Waals surface area contributed by atoms with Crippen molar-refractivity contribution in [1.82, 2.24) is 5.32 Å². The van der Waals surface area contributed by atoms with Crippen LogP contribution < -0.4 is 5.32 Å². The molecule has 0 fully saturated rings. The highest BCUT2D eigenvalue weighted by Gasteiger charge is 2.18. The van der Waals surface area contributed by atoms with E-state index in [0.717, 1.165) is 12.8 Å². The Labute approximate surface area is 115 Å². The minimum atomic E-state index is -0.552. The molecule has 0 aromatic carbocycles. The minimum Gasteiger partial charge on any atom is -0.463 e. The molecule has 0 aromatic rings. The van der Waals surface area contributed by atoms with Gasteiger partial charge < -0.3 is 14.8 Å². The van der Waals surface area contributed by atoms with Crippen molar-refractivity contribution in [3.05, 3.63) is 12.2 Å². The maximum Gasteiger partial charge on any atom is 0.408 e. The zero-order chi connectivity index (χ0) is 14.9. The van der Waals surface area contributed by atoms with Gasteiger partial charge in [-0.15, -0.1) is 0 Å². The summed E-state index contributed by atoms with van der Waals surface area (Å²) in [5.41, 5.74) is -0.552. The van der Waals surface area contributed by atoms with Crippen LogP contribution in [0, 0.1) is 0 Å². The first-order chi connectivity index (χ1) is 8.74. The number of ether oxygens (including phenoxy) is 2. The molecule has 1 amide bonds. The van der Waals surface area contributed by atoms with Gasteiger partial charge in [0.25, 0.3) is 0 Å². The van der Waals surface area contributed by atoms with Gasteiger partial charge in [-0.1, -0.05) is 25.5 Å². The van der Waals surface area contributed by atoms with E-state index in [2.05, 4.69) is 12.2 Å². The van der Waals surface area contributed by atoms with Crippen molar-refractivity contribution in [2.45, 2.75) is 59.1 Å². The molecule has 0 aliphatic carbocycles. The van der Waals surface area contributed by atoms with Crippen LogP contribution in [-0.2, 0) is 14.3 Å². The Kier molecular flexibility index (Phi) is 7.87. The Morgan fingerprint density at radius 1 is 1.32 bits per heavy atom. The van der Waals surface area contributed by atoms with Crippen LogP contribution in [0.2, 0.25) is 0 Å².